The number of hydrogen-bond acceptors (Lipinski definition) is 4. The van der Waals surface area contributed by atoms with Gasteiger partial charge in [0.2, 0.25) is 5.88 Å². The van der Waals surface area contributed by atoms with Gasteiger partial charge in [-0.25, -0.2) is 9.59 Å². The molecule has 0 bridgehead atoms. The first-order valence-electron chi connectivity index (χ1n) is 4.05. The Labute approximate surface area is 84.1 Å². The van der Waals surface area contributed by atoms with Gasteiger partial charge in [0.25, 0.3) is 5.56 Å². The second kappa shape index (κ2) is 3.99. The Morgan fingerprint density at radius 1 is 1.40 bits per heavy atom. The van der Waals surface area contributed by atoms with Crippen LogP contribution in [0.3, 0.4) is 0 Å². The maximum atomic E-state index is 11.4. The van der Waals surface area contributed by atoms with Crippen LogP contribution >= 0.6 is 0 Å². The van der Waals surface area contributed by atoms with Crippen molar-refractivity contribution in [3.8, 4) is 5.88 Å². The zero-order valence-electron chi connectivity index (χ0n) is 8.26. The van der Waals surface area contributed by atoms with Crippen LogP contribution in [0.25, 0.3) is 0 Å². The molecule has 7 nitrogen and oxygen atoms in total. The van der Waals surface area contributed by atoms with Gasteiger partial charge in [-0.1, -0.05) is 0 Å². The lowest BCUT2D eigenvalue weighted by Crippen LogP contribution is -2.37. The highest BCUT2D eigenvalue weighted by Gasteiger charge is 2.07. The van der Waals surface area contributed by atoms with Crippen molar-refractivity contribution in [2.45, 2.75) is 0 Å². The minimum absolute atomic E-state index is 0.0644. The fraction of sp³-hybridized carbons (Fsp3) is 0.375. The molecule has 15 heavy (non-hydrogen) atoms. The van der Waals surface area contributed by atoms with Crippen molar-refractivity contribution < 1.29 is 14.6 Å². The maximum Gasteiger partial charge on any atom is 0.341 e. The average Bonchev–Trinajstić information content (AvgIpc) is 2.18. The van der Waals surface area contributed by atoms with Crippen LogP contribution in [0, 0.1) is 0 Å². The Balaban J connectivity index is 3.16. The van der Waals surface area contributed by atoms with E-state index in [0.717, 1.165) is 15.2 Å². The molecule has 0 aliphatic heterocycles. The zero-order valence-corrected chi connectivity index (χ0v) is 8.26. The van der Waals surface area contributed by atoms with Crippen molar-refractivity contribution in [1.82, 2.24) is 9.13 Å². The Bertz CT molecular complexity index is 499. The highest BCUT2D eigenvalue weighted by molar-refractivity contribution is 5.68. The third-order valence-corrected chi connectivity index (χ3v) is 1.83. The molecule has 0 fully saturated rings. The number of carboxylic acids is 1. The smallest absolute Gasteiger partial charge is 0.341 e. The lowest BCUT2D eigenvalue weighted by atomic mass is 10.5. The minimum Gasteiger partial charge on any atom is -0.479 e. The molecule has 82 valence electrons. The maximum absolute atomic E-state index is 11.4. The molecule has 1 aromatic heterocycles. The van der Waals surface area contributed by atoms with E-state index in [1.165, 1.54) is 14.1 Å². The predicted molar refractivity (Wildman–Crippen MR) is 50.1 cm³/mol. The number of rotatable bonds is 3. The van der Waals surface area contributed by atoms with Crippen molar-refractivity contribution >= 4 is 5.97 Å². The van der Waals surface area contributed by atoms with E-state index >= 15 is 0 Å². The molecule has 0 saturated heterocycles. The van der Waals surface area contributed by atoms with E-state index in [9.17, 15) is 14.4 Å². The fourth-order valence-electron chi connectivity index (χ4n) is 0.987. The fourth-order valence-corrected chi connectivity index (χ4v) is 0.987. The van der Waals surface area contributed by atoms with Crippen LogP contribution in [0.1, 0.15) is 0 Å². The van der Waals surface area contributed by atoms with Crippen molar-refractivity contribution in [3.63, 3.8) is 0 Å². The average molecular weight is 214 g/mol. The van der Waals surface area contributed by atoms with E-state index in [1.54, 1.807) is 0 Å². The lowest BCUT2D eigenvalue weighted by molar-refractivity contribution is -0.139. The lowest BCUT2D eigenvalue weighted by Gasteiger charge is -2.08. The van der Waals surface area contributed by atoms with Crippen molar-refractivity contribution in [2.24, 2.45) is 14.1 Å². The SMILES string of the molecule is Cn1c(OCC(=O)O)cc(=O)n(C)c1=O. The van der Waals surface area contributed by atoms with E-state index < -0.39 is 23.8 Å². The van der Waals surface area contributed by atoms with Gasteiger partial charge in [0, 0.05) is 14.1 Å². The number of carbonyl (C=O) groups is 1. The van der Waals surface area contributed by atoms with Crippen molar-refractivity contribution in [3.05, 3.63) is 26.9 Å². The summed E-state index contributed by atoms with van der Waals surface area (Å²) in [4.78, 5) is 32.8. The molecule has 0 amide bonds. The van der Waals surface area contributed by atoms with Gasteiger partial charge in [0.15, 0.2) is 6.61 Å². The summed E-state index contributed by atoms with van der Waals surface area (Å²) in [7, 11) is 2.71. The quantitative estimate of drug-likeness (QED) is 0.664. The first-order chi connectivity index (χ1) is 6.93. The summed E-state index contributed by atoms with van der Waals surface area (Å²) in [6.45, 7) is -0.597. The highest BCUT2D eigenvalue weighted by Crippen LogP contribution is 2.01. The standard InChI is InChI=1S/C8H10N2O5/c1-9-5(11)3-6(10(2)8(9)14)15-4-7(12)13/h3H,4H2,1-2H3,(H,12,13). The third-order valence-electron chi connectivity index (χ3n) is 1.83. The largest absolute Gasteiger partial charge is 0.479 e. The molecule has 1 N–H and O–H groups in total. The summed E-state index contributed by atoms with van der Waals surface area (Å²) in [6, 6.07) is 1.06. The molecular formula is C8H10N2O5. The molecule has 0 aliphatic carbocycles. The molecule has 1 heterocycles. The molecule has 0 aliphatic rings. The van der Waals surface area contributed by atoms with E-state index in [-0.39, 0.29) is 5.88 Å². The van der Waals surface area contributed by atoms with Crippen molar-refractivity contribution in [1.29, 1.82) is 0 Å². The molecule has 0 saturated carbocycles. The van der Waals surface area contributed by atoms with Gasteiger partial charge in [-0.3, -0.25) is 13.9 Å². The van der Waals surface area contributed by atoms with Gasteiger partial charge in [-0.05, 0) is 0 Å². The first kappa shape index (κ1) is 11.0. The molecule has 0 spiro atoms. The Hall–Kier alpha value is -2.05. The summed E-state index contributed by atoms with van der Waals surface area (Å²) >= 11 is 0. The molecule has 0 atom stereocenters. The topological polar surface area (TPSA) is 90.5 Å². The number of aliphatic carboxylic acids is 1. The summed E-state index contributed by atoms with van der Waals surface area (Å²) in [5.41, 5.74) is -1.11. The number of nitrogens with zero attached hydrogens (tertiary/aromatic N) is 2. The van der Waals surface area contributed by atoms with Crippen LogP contribution in [0.2, 0.25) is 0 Å². The number of aromatic nitrogens is 2. The van der Waals surface area contributed by atoms with E-state index in [4.69, 9.17) is 9.84 Å². The van der Waals surface area contributed by atoms with Crippen LogP contribution in [0.5, 0.6) is 5.88 Å². The highest BCUT2D eigenvalue weighted by atomic mass is 16.5. The molecule has 0 aromatic carbocycles. The molecular weight excluding hydrogens is 204 g/mol. The minimum atomic E-state index is -1.18. The second-order valence-corrected chi connectivity index (χ2v) is 2.90. The summed E-state index contributed by atoms with van der Waals surface area (Å²) < 4.78 is 6.72. The third kappa shape index (κ3) is 2.25. The summed E-state index contributed by atoms with van der Waals surface area (Å²) in [5.74, 6) is -1.24. The van der Waals surface area contributed by atoms with E-state index in [2.05, 4.69) is 0 Å². The van der Waals surface area contributed by atoms with Gasteiger partial charge in [0.05, 0.1) is 6.07 Å². The molecule has 1 rings (SSSR count). The first-order valence-corrected chi connectivity index (χ1v) is 4.05. The monoisotopic (exact) mass is 214 g/mol. The molecule has 7 heteroatoms. The summed E-state index contributed by atoms with van der Waals surface area (Å²) in [6.07, 6.45) is 0. The Morgan fingerprint density at radius 3 is 2.53 bits per heavy atom. The van der Waals surface area contributed by atoms with Crippen molar-refractivity contribution in [2.75, 3.05) is 6.61 Å². The normalized spacial score (nSPS) is 10.0. The number of ether oxygens (including phenoxy) is 1. The zero-order chi connectivity index (χ0) is 11.6. The van der Waals surface area contributed by atoms with Gasteiger partial charge in [-0.15, -0.1) is 0 Å². The Morgan fingerprint density at radius 2 is 2.00 bits per heavy atom. The van der Waals surface area contributed by atoms with Crippen LogP contribution in [-0.2, 0) is 18.9 Å². The Kier molecular flexibility index (Phi) is 2.93. The molecule has 0 radical (unpaired) electrons. The van der Waals surface area contributed by atoms with Gasteiger partial charge in [0.1, 0.15) is 0 Å². The summed E-state index contributed by atoms with van der Waals surface area (Å²) in [5, 5.41) is 8.36. The van der Waals surface area contributed by atoms with E-state index in [0.29, 0.717) is 0 Å². The van der Waals surface area contributed by atoms with Crippen LogP contribution in [0.15, 0.2) is 15.7 Å². The van der Waals surface area contributed by atoms with Gasteiger partial charge < -0.3 is 9.84 Å². The van der Waals surface area contributed by atoms with Gasteiger partial charge >= 0.3 is 11.7 Å². The van der Waals surface area contributed by atoms with E-state index in [1.807, 2.05) is 0 Å². The van der Waals surface area contributed by atoms with Crippen LogP contribution in [0.4, 0.5) is 0 Å². The number of carboxylic acid groups (broad SMARTS) is 1. The number of hydrogen-bond donors (Lipinski definition) is 1. The molecule has 0 unspecified atom stereocenters. The van der Waals surface area contributed by atoms with Crippen LogP contribution < -0.4 is 16.0 Å². The predicted octanol–water partition coefficient (Wildman–Crippen LogP) is -1.45. The van der Waals surface area contributed by atoms with Crippen LogP contribution in [-0.4, -0.2) is 26.8 Å². The van der Waals surface area contributed by atoms with Gasteiger partial charge in [-0.2, -0.15) is 0 Å². The molecule has 1 aromatic rings. The second-order valence-electron chi connectivity index (χ2n) is 2.90.